The summed E-state index contributed by atoms with van der Waals surface area (Å²) in [4.78, 5) is 14.0. The van der Waals surface area contributed by atoms with E-state index in [9.17, 15) is 0 Å². The molecular formula is C17H27N5S2. The van der Waals surface area contributed by atoms with Crippen LogP contribution in [0.4, 0.5) is 0 Å². The van der Waals surface area contributed by atoms with E-state index in [4.69, 9.17) is 4.99 Å². The Labute approximate surface area is 152 Å². The molecule has 132 valence electrons. The fourth-order valence-electron chi connectivity index (χ4n) is 2.42. The van der Waals surface area contributed by atoms with Crippen molar-refractivity contribution >= 4 is 28.6 Å². The van der Waals surface area contributed by atoms with E-state index >= 15 is 0 Å². The number of thiazole rings is 1. The second-order valence-corrected chi connectivity index (χ2v) is 8.08. The van der Waals surface area contributed by atoms with Crippen LogP contribution in [0.25, 0.3) is 0 Å². The molecule has 0 aliphatic carbocycles. The first-order chi connectivity index (χ1) is 11.5. The van der Waals surface area contributed by atoms with Crippen LogP contribution >= 0.6 is 22.7 Å². The van der Waals surface area contributed by atoms with Crippen LogP contribution in [0, 0.1) is 13.8 Å². The SMILES string of the molecule is CCNC(=NCc1sc(C)nc1C)NCC(c1cccs1)N(C)C. The van der Waals surface area contributed by atoms with Gasteiger partial charge in [0.05, 0.1) is 23.3 Å². The maximum absolute atomic E-state index is 4.72. The maximum atomic E-state index is 4.72. The number of hydrogen-bond donors (Lipinski definition) is 2. The largest absolute Gasteiger partial charge is 0.357 e. The van der Waals surface area contributed by atoms with Gasteiger partial charge in [-0.25, -0.2) is 9.98 Å². The summed E-state index contributed by atoms with van der Waals surface area (Å²) in [7, 11) is 4.22. The topological polar surface area (TPSA) is 52.6 Å². The molecule has 0 radical (unpaired) electrons. The van der Waals surface area contributed by atoms with Crippen LogP contribution in [0.5, 0.6) is 0 Å². The number of aliphatic imine (C=N–C) groups is 1. The molecule has 0 saturated heterocycles. The first kappa shape index (κ1) is 18.9. The van der Waals surface area contributed by atoms with Crippen LogP contribution in [-0.4, -0.2) is 43.0 Å². The summed E-state index contributed by atoms with van der Waals surface area (Å²) in [6.07, 6.45) is 0. The molecular weight excluding hydrogens is 338 g/mol. The predicted molar refractivity (Wildman–Crippen MR) is 105 cm³/mol. The number of thiophene rings is 1. The molecule has 5 nitrogen and oxygen atoms in total. The van der Waals surface area contributed by atoms with Crippen molar-refractivity contribution in [1.82, 2.24) is 20.5 Å². The second-order valence-electron chi connectivity index (χ2n) is 5.81. The number of nitrogens with one attached hydrogen (secondary N) is 2. The second kappa shape index (κ2) is 9.15. The third-order valence-corrected chi connectivity index (χ3v) is 5.71. The van der Waals surface area contributed by atoms with E-state index < -0.39 is 0 Å². The molecule has 2 rings (SSSR count). The zero-order valence-corrected chi connectivity index (χ0v) is 16.7. The van der Waals surface area contributed by atoms with Crippen molar-refractivity contribution in [2.75, 3.05) is 27.2 Å². The number of guanidine groups is 1. The van der Waals surface area contributed by atoms with Crippen molar-refractivity contribution in [3.05, 3.63) is 38.0 Å². The third-order valence-electron chi connectivity index (χ3n) is 3.68. The highest BCUT2D eigenvalue weighted by molar-refractivity contribution is 7.11. The van der Waals surface area contributed by atoms with Crippen LogP contribution in [0.15, 0.2) is 22.5 Å². The minimum absolute atomic E-state index is 0.334. The summed E-state index contributed by atoms with van der Waals surface area (Å²) in [5.74, 6) is 0.853. The van der Waals surface area contributed by atoms with Crippen molar-refractivity contribution in [1.29, 1.82) is 0 Å². The number of aromatic nitrogens is 1. The molecule has 0 fully saturated rings. The molecule has 0 saturated carbocycles. The fraction of sp³-hybridized carbons (Fsp3) is 0.529. The van der Waals surface area contributed by atoms with Gasteiger partial charge in [-0.2, -0.15) is 0 Å². The molecule has 1 atom stereocenters. The average molecular weight is 366 g/mol. The van der Waals surface area contributed by atoms with Gasteiger partial charge in [-0.1, -0.05) is 6.07 Å². The van der Waals surface area contributed by atoms with Crippen molar-refractivity contribution in [2.45, 2.75) is 33.4 Å². The molecule has 2 N–H and O–H groups in total. The maximum Gasteiger partial charge on any atom is 0.191 e. The fourth-order valence-corrected chi connectivity index (χ4v) is 4.21. The van der Waals surface area contributed by atoms with Gasteiger partial charge in [0.25, 0.3) is 0 Å². The van der Waals surface area contributed by atoms with E-state index in [1.807, 2.05) is 13.8 Å². The smallest absolute Gasteiger partial charge is 0.191 e. The number of rotatable bonds is 7. The van der Waals surface area contributed by atoms with E-state index in [-0.39, 0.29) is 0 Å². The van der Waals surface area contributed by atoms with Gasteiger partial charge >= 0.3 is 0 Å². The number of likely N-dealkylation sites (N-methyl/N-ethyl adjacent to an activating group) is 1. The number of hydrogen-bond acceptors (Lipinski definition) is 5. The molecule has 0 aliphatic heterocycles. The summed E-state index contributed by atoms with van der Waals surface area (Å²) in [5.41, 5.74) is 1.09. The number of nitrogens with zero attached hydrogens (tertiary/aromatic N) is 3. The number of aryl methyl sites for hydroxylation is 2. The van der Waals surface area contributed by atoms with Gasteiger partial charge in [-0.3, -0.25) is 0 Å². The molecule has 2 aromatic heterocycles. The van der Waals surface area contributed by atoms with Crippen molar-refractivity contribution in [3.8, 4) is 0 Å². The van der Waals surface area contributed by atoms with Gasteiger partial charge in [0.2, 0.25) is 0 Å². The molecule has 0 aromatic carbocycles. The zero-order chi connectivity index (χ0) is 17.5. The van der Waals surface area contributed by atoms with Gasteiger partial charge in [0.15, 0.2) is 5.96 Å². The summed E-state index contributed by atoms with van der Waals surface area (Å²) < 4.78 is 0. The zero-order valence-electron chi connectivity index (χ0n) is 15.1. The van der Waals surface area contributed by atoms with Crippen LogP contribution < -0.4 is 10.6 Å². The molecule has 1 unspecified atom stereocenters. The van der Waals surface area contributed by atoms with Gasteiger partial charge in [-0.15, -0.1) is 22.7 Å². The van der Waals surface area contributed by atoms with Crippen molar-refractivity contribution in [2.24, 2.45) is 4.99 Å². The van der Waals surface area contributed by atoms with E-state index in [0.717, 1.165) is 29.8 Å². The Hall–Kier alpha value is -1.44. The minimum Gasteiger partial charge on any atom is -0.357 e. The molecule has 0 amide bonds. The van der Waals surface area contributed by atoms with Crippen LogP contribution in [0.2, 0.25) is 0 Å². The van der Waals surface area contributed by atoms with Gasteiger partial charge in [0.1, 0.15) is 0 Å². The van der Waals surface area contributed by atoms with Crippen LogP contribution in [0.3, 0.4) is 0 Å². The van der Waals surface area contributed by atoms with E-state index in [0.29, 0.717) is 12.6 Å². The van der Waals surface area contributed by atoms with Gasteiger partial charge in [-0.05, 0) is 46.3 Å². The Morgan fingerprint density at radius 2 is 2.12 bits per heavy atom. The van der Waals surface area contributed by atoms with Crippen LogP contribution in [0.1, 0.15) is 33.4 Å². The van der Waals surface area contributed by atoms with Crippen LogP contribution in [-0.2, 0) is 6.54 Å². The van der Waals surface area contributed by atoms with Crippen molar-refractivity contribution in [3.63, 3.8) is 0 Å². The molecule has 7 heteroatoms. The van der Waals surface area contributed by atoms with Crippen molar-refractivity contribution < 1.29 is 0 Å². The van der Waals surface area contributed by atoms with Gasteiger partial charge in [0, 0.05) is 22.8 Å². The lowest BCUT2D eigenvalue weighted by atomic mass is 10.2. The predicted octanol–water partition coefficient (Wildman–Crippen LogP) is 3.18. The first-order valence-corrected chi connectivity index (χ1v) is 9.85. The molecule has 2 heterocycles. The first-order valence-electron chi connectivity index (χ1n) is 8.16. The lowest BCUT2D eigenvalue weighted by molar-refractivity contribution is 0.302. The minimum atomic E-state index is 0.334. The highest BCUT2D eigenvalue weighted by Crippen LogP contribution is 2.22. The Balaban J connectivity index is 2.01. The standard InChI is InChI=1S/C17H27N5S2/c1-6-18-17(20-11-16-12(2)21-13(3)24-16)19-10-14(22(4)5)15-8-7-9-23-15/h7-9,14H,6,10-11H2,1-5H3,(H2,18,19,20). The van der Waals surface area contributed by atoms with E-state index in [1.165, 1.54) is 9.75 Å². The van der Waals surface area contributed by atoms with E-state index in [1.54, 1.807) is 22.7 Å². The summed E-state index contributed by atoms with van der Waals surface area (Å²) in [6.45, 7) is 8.50. The molecule has 2 aromatic rings. The third kappa shape index (κ3) is 5.29. The molecule has 0 spiro atoms. The Bertz CT molecular complexity index is 646. The highest BCUT2D eigenvalue weighted by Gasteiger charge is 2.15. The Morgan fingerprint density at radius 3 is 2.67 bits per heavy atom. The summed E-state index contributed by atoms with van der Waals surface area (Å²) in [6, 6.07) is 4.62. The average Bonchev–Trinajstić information content (AvgIpc) is 3.14. The molecule has 24 heavy (non-hydrogen) atoms. The highest BCUT2D eigenvalue weighted by atomic mass is 32.1. The Morgan fingerprint density at radius 1 is 1.33 bits per heavy atom. The molecule has 0 aliphatic rings. The van der Waals surface area contributed by atoms with E-state index in [2.05, 4.69) is 59.0 Å². The summed E-state index contributed by atoms with van der Waals surface area (Å²) >= 11 is 3.51. The summed E-state index contributed by atoms with van der Waals surface area (Å²) in [5, 5.41) is 10.0. The van der Waals surface area contributed by atoms with Gasteiger partial charge < -0.3 is 15.5 Å². The lowest BCUT2D eigenvalue weighted by Crippen LogP contribution is -2.41. The normalized spacial score (nSPS) is 13.3. The quantitative estimate of drug-likeness (QED) is 0.584. The Kier molecular flexibility index (Phi) is 7.20. The molecule has 0 bridgehead atoms. The monoisotopic (exact) mass is 365 g/mol. The lowest BCUT2D eigenvalue weighted by Gasteiger charge is -2.24.